The molecule has 0 spiro atoms. The van der Waals surface area contributed by atoms with Gasteiger partial charge in [-0.3, -0.25) is 4.79 Å². The van der Waals surface area contributed by atoms with E-state index in [1.807, 2.05) is 0 Å². The molecule has 34 heavy (non-hydrogen) atoms. The van der Waals surface area contributed by atoms with Gasteiger partial charge in [0.15, 0.2) is 18.1 Å². The van der Waals surface area contributed by atoms with Crippen LogP contribution in [0.5, 0.6) is 11.5 Å². The highest BCUT2D eigenvalue weighted by Gasteiger charge is 2.23. The van der Waals surface area contributed by atoms with Crippen molar-refractivity contribution in [3.05, 3.63) is 64.0 Å². The zero-order valence-corrected chi connectivity index (χ0v) is 20.2. The monoisotopic (exact) mass is 503 g/mol. The normalized spacial score (nSPS) is 10.4. The Morgan fingerprint density at radius 2 is 1.65 bits per heavy atom. The Labute approximate surface area is 205 Å². The van der Waals surface area contributed by atoms with Gasteiger partial charge < -0.3 is 24.3 Å². The summed E-state index contributed by atoms with van der Waals surface area (Å²) in [7, 11) is 2.93. The summed E-state index contributed by atoms with van der Waals surface area (Å²) in [6.45, 7) is 1.31. The molecule has 0 radical (unpaired) electrons. The van der Waals surface area contributed by atoms with Crippen LogP contribution in [0.1, 0.15) is 27.6 Å². The van der Waals surface area contributed by atoms with Crippen LogP contribution in [0.2, 0.25) is 5.02 Å². The van der Waals surface area contributed by atoms with Crippen LogP contribution >= 0.6 is 22.9 Å². The number of thiophene rings is 1. The second-order valence-corrected chi connectivity index (χ2v) is 8.09. The van der Waals surface area contributed by atoms with Crippen LogP contribution in [-0.4, -0.2) is 45.3 Å². The molecule has 0 unspecified atom stereocenters. The first-order chi connectivity index (χ1) is 16.4. The maximum Gasteiger partial charge on any atom is 0.341 e. The van der Waals surface area contributed by atoms with Gasteiger partial charge in [-0.05, 0) is 42.8 Å². The lowest BCUT2D eigenvalue weighted by molar-refractivity contribution is -0.119. The van der Waals surface area contributed by atoms with Gasteiger partial charge in [-0.15, -0.1) is 11.3 Å². The van der Waals surface area contributed by atoms with Crippen LogP contribution in [0, 0.1) is 0 Å². The van der Waals surface area contributed by atoms with E-state index in [9.17, 15) is 14.4 Å². The highest BCUT2D eigenvalue weighted by Crippen LogP contribution is 2.36. The molecule has 0 aliphatic carbocycles. The molecule has 0 aliphatic heterocycles. The van der Waals surface area contributed by atoms with Crippen molar-refractivity contribution in [2.45, 2.75) is 6.92 Å². The second-order valence-electron chi connectivity index (χ2n) is 6.77. The van der Waals surface area contributed by atoms with E-state index in [0.717, 1.165) is 16.9 Å². The number of hydrogen-bond acceptors (Lipinski definition) is 8. The average molecular weight is 504 g/mol. The predicted molar refractivity (Wildman–Crippen MR) is 129 cm³/mol. The zero-order valence-electron chi connectivity index (χ0n) is 18.7. The number of ether oxygens (including phenoxy) is 4. The van der Waals surface area contributed by atoms with Gasteiger partial charge in [0.2, 0.25) is 0 Å². The van der Waals surface area contributed by atoms with E-state index < -0.39 is 24.5 Å². The molecule has 1 amide bonds. The lowest BCUT2D eigenvalue weighted by Gasteiger charge is -2.10. The standard InChI is InChI=1S/C24H22ClNO7S/c1-4-32-24(29)21-17(14-5-8-16(25)9-6-14)13-34-22(21)26-20(27)12-33-23(28)15-7-10-18(30-2)19(11-15)31-3/h5-11,13H,4,12H2,1-3H3,(H,26,27). The number of halogens is 1. The van der Waals surface area contributed by atoms with Gasteiger partial charge >= 0.3 is 11.9 Å². The molecule has 0 bridgehead atoms. The maximum atomic E-state index is 12.6. The third-order valence-corrected chi connectivity index (χ3v) is 5.78. The highest BCUT2D eigenvalue weighted by atomic mass is 35.5. The Kier molecular flexibility index (Phi) is 8.50. The SMILES string of the molecule is CCOC(=O)c1c(-c2ccc(Cl)cc2)csc1NC(=O)COC(=O)c1ccc(OC)c(OC)c1. The molecule has 0 atom stereocenters. The van der Waals surface area contributed by atoms with Crippen molar-refractivity contribution < 1.29 is 33.3 Å². The fourth-order valence-corrected chi connectivity index (χ4v) is 4.14. The number of benzene rings is 2. The van der Waals surface area contributed by atoms with E-state index in [1.165, 1.54) is 26.4 Å². The molecule has 3 rings (SSSR count). The van der Waals surface area contributed by atoms with E-state index in [4.69, 9.17) is 30.5 Å². The van der Waals surface area contributed by atoms with E-state index in [1.54, 1.807) is 42.6 Å². The molecule has 178 valence electrons. The number of methoxy groups -OCH3 is 2. The minimum absolute atomic E-state index is 0.172. The van der Waals surface area contributed by atoms with Crippen LogP contribution < -0.4 is 14.8 Å². The molecule has 10 heteroatoms. The number of nitrogens with one attached hydrogen (secondary N) is 1. The number of amides is 1. The van der Waals surface area contributed by atoms with Gasteiger partial charge in [0.25, 0.3) is 5.91 Å². The molecular weight excluding hydrogens is 482 g/mol. The lowest BCUT2D eigenvalue weighted by Crippen LogP contribution is -2.21. The molecule has 1 N–H and O–H groups in total. The van der Waals surface area contributed by atoms with Crippen molar-refractivity contribution >= 4 is 45.8 Å². The lowest BCUT2D eigenvalue weighted by atomic mass is 10.0. The molecule has 0 saturated heterocycles. The van der Waals surface area contributed by atoms with Gasteiger partial charge in [-0.1, -0.05) is 23.7 Å². The summed E-state index contributed by atoms with van der Waals surface area (Å²) in [5, 5.41) is 5.21. The molecule has 0 saturated carbocycles. The Morgan fingerprint density at radius 3 is 2.29 bits per heavy atom. The van der Waals surface area contributed by atoms with Crippen molar-refractivity contribution in [3.63, 3.8) is 0 Å². The van der Waals surface area contributed by atoms with Crippen LogP contribution in [0.25, 0.3) is 11.1 Å². The number of anilines is 1. The molecule has 1 heterocycles. The van der Waals surface area contributed by atoms with Crippen LogP contribution in [0.15, 0.2) is 47.8 Å². The van der Waals surface area contributed by atoms with E-state index >= 15 is 0 Å². The Hall–Kier alpha value is -3.56. The van der Waals surface area contributed by atoms with Crippen molar-refractivity contribution in [2.75, 3.05) is 32.8 Å². The predicted octanol–water partition coefficient (Wildman–Crippen LogP) is 5.06. The van der Waals surface area contributed by atoms with Crippen LogP contribution in [0.4, 0.5) is 5.00 Å². The van der Waals surface area contributed by atoms with E-state index in [-0.39, 0.29) is 22.7 Å². The fourth-order valence-electron chi connectivity index (χ4n) is 3.04. The van der Waals surface area contributed by atoms with E-state index in [2.05, 4.69) is 5.32 Å². The van der Waals surface area contributed by atoms with Gasteiger partial charge in [0.05, 0.1) is 26.4 Å². The third-order valence-electron chi connectivity index (χ3n) is 4.63. The van der Waals surface area contributed by atoms with E-state index in [0.29, 0.717) is 22.1 Å². The molecular formula is C24H22ClNO7S. The third kappa shape index (κ3) is 5.86. The largest absolute Gasteiger partial charge is 0.493 e. The van der Waals surface area contributed by atoms with Gasteiger partial charge in [-0.25, -0.2) is 9.59 Å². The Bertz CT molecular complexity index is 1190. The molecule has 2 aromatic carbocycles. The summed E-state index contributed by atoms with van der Waals surface area (Å²) < 4.78 is 20.6. The fraction of sp³-hybridized carbons (Fsp3) is 0.208. The smallest absolute Gasteiger partial charge is 0.341 e. The zero-order chi connectivity index (χ0) is 24.7. The van der Waals surface area contributed by atoms with Crippen LogP contribution in [0.3, 0.4) is 0 Å². The molecule has 8 nitrogen and oxygen atoms in total. The minimum Gasteiger partial charge on any atom is -0.493 e. The summed E-state index contributed by atoms with van der Waals surface area (Å²) in [5.41, 5.74) is 1.74. The number of esters is 2. The minimum atomic E-state index is -0.713. The summed E-state index contributed by atoms with van der Waals surface area (Å²) in [6.07, 6.45) is 0. The summed E-state index contributed by atoms with van der Waals surface area (Å²) in [4.78, 5) is 37.5. The summed E-state index contributed by atoms with van der Waals surface area (Å²) in [6, 6.07) is 11.5. The van der Waals surface area contributed by atoms with Crippen LogP contribution in [-0.2, 0) is 14.3 Å². The molecule has 0 fully saturated rings. The molecule has 3 aromatic rings. The Balaban J connectivity index is 1.73. The Morgan fingerprint density at radius 1 is 0.941 bits per heavy atom. The van der Waals surface area contributed by atoms with Gasteiger partial charge in [-0.2, -0.15) is 0 Å². The van der Waals surface area contributed by atoms with Gasteiger partial charge in [0.1, 0.15) is 10.6 Å². The number of carbonyl (C=O) groups is 3. The molecule has 1 aromatic heterocycles. The van der Waals surface area contributed by atoms with Crippen molar-refractivity contribution in [1.82, 2.24) is 0 Å². The number of carbonyl (C=O) groups excluding carboxylic acids is 3. The second kappa shape index (κ2) is 11.5. The topological polar surface area (TPSA) is 100 Å². The molecule has 0 aliphatic rings. The highest BCUT2D eigenvalue weighted by molar-refractivity contribution is 7.15. The summed E-state index contributed by atoms with van der Waals surface area (Å²) >= 11 is 7.12. The first-order valence-corrected chi connectivity index (χ1v) is 11.4. The summed E-state index contributed by atoms with van der Waals surface area (Å²) in [5.74, 6) is -1.09. The first-order valence-electron chi connectivity index (χ1n) is 10.1. The van der Waals surface area contributed by atoms with Crippen molar-refractivity contribution in [1.29, 1.82) is 0 Å². The average Bonchev–Trinajstić information content (AvgIpc) is 3.26. The van der Waals surface area contributed by atoms with Crippen molar-refractivity contribution in [3.8, 4) is 22.6 Å². The first kappa shape index (κ1) is 25.1. The van der Waals surface area contributed by atoms with Crippen molar-refractivity contribution in [2.24, 2.45) is 0 Å². The maximum absolute atomic E-state index is 12.6. The quantitative estimate of drug-likeness (QED) is 0.407. The number of hydrogen-bond donors (Lipinski definition) is 1. The number of rotatable bonds is 9. The van der Waals surface area contributed by atoms with Gasteiger partial charge in [0, 0.05) is 16.0 Å².